The smallest absolute Gasteiger partial charge is 0.341 e. The molecule has 0 aromatic heterocycles. The van der Waals surface area contributed by atoms with Gasteiger partial charge < -0.3 is 15.2 Å². The number of phenolic OH excluding ortho intramolecular Hbond substituents is 1. The molecule has 0 aliphatic carbocycles. The summed E-state index contributed by atoms with van der Waals surface area (Å²) < 4.78 is 4.88. The van der Waals surface area contributed by atoms with Crippen LogP contribution in [0.1, 0.15) is 56.8 Å². The summed E-state index contributed by atoms with van der Waals surface area (Å²) >= 11 is 0. The van der Waals surface area contributed by atoms with E-state index >= 15 is 0 Å². The number of amides is 1. The largest absolute Gasteiger partial charge is 0.507 e. The van der Waals surface area contributed by atoms with Crippen molar-refractivity contribution in [1.29, 1.82) is 0 Å². The van der Waals surface area contributed by atoms with Gasteiger partial charge in [-0.15, -0.1) is 0 Å². The van der Waals surface area contributed by atoms with Crippen LogP contribution < -0.4 is 5.32 Å². The standard InChI is InChI=1S/C17H25NO4/c1-4-7-8-12(5-2)16(20)18-13-9-10-15(19)14(11-13)17(21)22-6-3/h9-12,19H,4-8H2,1-3H3,(H,18,20). The maximum absolute atomic E-state index is 12.3. The Labute approximate surface area is 131 Å². The van der Waals surface area contributed by atoms with Crippen molar-refractivity contribution < 1.29 is 19.4 Å². The van der Waals surface area contributed by atoms with Crippen molar-refractivity contribution in [2.75, 3.05) is 11.9 Å². The third-order valence-electron chi connectivity index (χ3n) is 3.53. The van der Waals surface area contributed by atoms with Crippen LogP contribution in [0.2, 0.25) is 0 Å². The average molecular weight is 307 g/mol. The molecule has 0 spiro atoms. The summed E-state index contributed by atoms with van der Waals surface area (Å²) in [6.45, 7) is 6.00. The maximum Gasteiger partial charge on any atom is 0.341 e. The van der Waals surface area contributed by atoms with Gasteiger partial charge in [0.15, 0.2) is 0 Å². The van der Waals surface area contributed by atoms with Crippen LogP contribution in [0.25, 0.3) is 0 Å². The van der Waals surface area contributed by atoms with E-state index in [4.69, 9.17) is 4.74 Å². The number of phenols is 1. The van der Waals surface area contributed by atoms with E-state index in [1.54, 1.807) is 13.0 Å². The molecule has 5 heteroatoms. The fraction of sp³-hybridized carbons (Fsp3) is 0.529. The Bertz CT molecular complexity index is 513. The zero-order chi connectivity index (χ0) is 16.5. The summed E-state index contributed by atoms with van der Waals surface area (Å²) in [5.74, 6) is -0.861. The highest BCUT2D eigenvalue weighted by molar-refractivity contribution is 5.97. The topological polar surface area (TPSA) is 75.6 Å². The molecule has 0 saturated heterocycles. The molecule has 5 nitrogen and oxygen atoms in total. The van der Waals surface area contributed by atoms with Crippen LogP contribution in [-0.2, 0) is 9.53 Å². The van der Waals surface area contributed by atoms with Gasteiger partial charge in [0.1, 0.15) is 11.3 Å². The highest BCUT2D eigenvalue weighted by atomic mass is 16.5. The van der Waals surface area contributed by atoms with Crippen LogP contribution in [0.15, 0.2) is 18.2 Å². The molecular weight excluding hydrogens is 282 g/mol. The van der Waals surface area contributed by atoms with Gasteiger partial charge in [-0.2, -0.15) is 0 Å². The first-order chi connectivity index (χ1) is 10.5. The van der Waals surface area contributed by atoms with Crippen molar-refractivity contribution in [3.05, 3.63) is 23.8 Å². The molecule has 1 aromatic carbocycles. The van der Waals surface area contributed by atoms with Gasteiger partial charge in [-0.3, -0.25) is 4.79 Å². The van der Waals surface area contributed by atoms with Gasteiger partial charge in [-0.1, -0.05) is 26.7 Å². The highest BCUT2D eigenvalue weighted by Crippen LogP contribution is 2.23. The Morgan fingerprint density at radius 2 is 2.00 bits per heavy atom. The van der Waals surface area contributed by atoms with Gasteiger partial charge in [0, 0.05) is 11.6 Å². The van der Waals surface area contributed by atoms with E-state index in [1.807, 2.05) is 6.92 Å². The van der Waals surface area contributed by atoms with Crippen LogP contribution in [0.4, 0.5) is 5.69 Å². The van der Waals surface area contributed by atoms with Gasteiger partial charge in [0.25, 0.3) is 0 Å². The van der Waals surface area contributed by atoms with Crippen LogP contribution in [0, 0.1) is 5.92 Å². The molecule has 1 atom stereocenters. The Morgan fingerprint density at radius 1 is 1.27 bits per heavy atom. The monoisotopic (exact) mass is 307 g/mol. The number of rotatable bonds is 8. The fourth-order valence-corrected chi connectivity index (χ4v) is 2.20. The fourth-order valence-electron chi connectivity index (χ4n) is 2.20. The summed E-state index contributed by atoms with van der Waals surface area (Å²) in [6, 6.07) is 4.40. The van der Waals surface area contributed by atoms with Crippen LogP contribution in [0.5, 0.6) is 5.75 Å². The predicted molar refractivity (Wildman–Crippen MR) is 86.0 cm³/mol. The quantitative estimate of drug-likeness (QED) is 0.567. The SMILES string of the molecule is CCCCC(CC)C(=O)Nc1ccc(O)c(C(=O)OCC)c1. The van der Waals surface area contributed by atoms with Gasteiger partial charge >= 0.3 is 5.97 Å². The zero-order valence-corrected chi connectivity index (χ0v) is 13.5. The molecule has 0 bridgehead atoms. The molecular formula is C17H25NO4. The molecule has 0 aliphatic rings. The minimum atomic E-state index is -0.603. The number of esters is 1. The molecule has 1 unspecified atom stereocenters. The zero-order valence-electron chi connectivity index (χ0n) is 13.5. The van der Waals surface area contributed by atoms with Crippen LogP contribution >= 0.6 is 0 Å². The van der Waals surface area contributed by atoms with E-state index in [1.165, 1.54) is 12.1 Å². The molecule has 22 heavy (non-hydrogen) atoms. The van der Waals surface area contributed by atoms with Crippen LogP contribution in [0.3, 0.4) is 0 Å². The number of aromatic hydroxyl groups is 1. The molecule has 122 valence electrons. The second-order valence-electron chi connectivity index (χ2n) is 5.19. The van der Waals surface area contributed by atoms with Gasteiger partial charge in [0.2, 0.25) is 5.91 Å². The second kappa shape index (κ2) is 9.07. The van der Waals surface area contributed by atoms with Gasteiger partial charge in [-0.05, 0) is 38.0 Å². The van der Waals surface area contributed by atoms with E-state index < -0.39 is 5.97 Å². The molecule has 0 aliphatic heterocycles. The number of carbonyl (C=O) groups is 2. The lowest BCUT2D eigenvalue weighted by Gasteiger charge is -2.15. The first-order valence-electron chi connectivity index (χ1n) is 7.84. The molecule has 0 fully saturated rings. The highest BCUT2D eigenvalue weighted by Gasteiger charge is 2.18. The minimum Gasteiger partial charge on any atom is -0.507 e. The Kier molecular flexibility index (Phi) is 7.43. The molecule has 1 rings (SSSR count). The van der Waals surface area contributed by atoms with Crippen LogP contribution in [-0.4, -0.2) is 23.6 Å². The Morgan fingerprint density at radius 3 is 2.59 bits per heavy atom. The average Bonchev–Trinajstić information content (AvgIpc) is 2.50. The van der Waals surface area contributed by atoms with E-state index in [0.717, 1.165) is 25.7 Å². The van der Waals surface area contributed by atoms with E-state index in [0.29, 0.717) is 5.69 Å². The minimum absolute atomic E-state index is 0.0419. The van der Waals surface area contributed by atoms with Crippen molar-refractivity contribution in [2.45, 2.75) is 46.5 Å². The van der Waals surface area contributed by atoms with Crippen molar-refractivity contribution >= 4 is 17.6 Å². The van der Waals surface area contributed by atoms with Crippen molar-refractivity contribution in [2.24, 2.45) is 5.92 Å². The van der Waals surface area contributed by atoms with E-state index in [2.05, 4.69) is 12.2 Å². The number of hydrogen-bond donors (Lipinski definition) is 2. The molecule has 1 amide bonds. The maximum atomic E-state index is 12.3. The Balaban J connectivity index is 2.82. The third kappa shape index (κ3) is 5.06. The molecule has 1 aromatic rings. The number of anilines is 1. The first-order valence-corrected chi connectivity index (χ1v) is 7.84. The lowest BCUT2D eigenvalue weighted by atomic mass is 9.98. The Hall–Kier alpha value is -2.04. The molecule has 0 heterocycles. The predicted octanol–water partition coefficient (Wildman–Crippen LogP) is 3.72. The summed E-state index contributed by atoms with van der Waals surface area (Å²) in [5.41, 5.74) is 0.544. The number of ether oxygens (including phenoxy) is 1. The molecule has 0 radical (unpaired) electrons. The number of benzene rings is 1. The number of hydrogen-bond acceptors (Lipinski definition) is 4. The van der Waals surface area contributed by atoms with E-state index in [-0.39, 0.29) is 29.7 Å². The number of unbranched alkanes of at least 4 members (excludes halogenated alkanes) is 1. The van der Waals surface area contributed by atoms with Crippen molar-refractivity contribution in [3.63, 3.8) is 0 Å². The molecule has 2 N–H and O–H groups in total. The third-order valence-corrected chi connectivity index (χ3v) is 3.53. The second-order valence-corrected chi connectivity index (χ2v) is 5.19. The normalized spacial score (nSPS) is 11.8. The molecule has 0 saturated carbocycles. The number of carbonyl (C=O) groups excluding carboxylic acids is 2. The summed E-state index contributed by atoms with van der Waals surface area (Å²) in [6.07, 6.45) is 3.68. The lowest BCUT2D eigenvalue weighted by Crippen LogP contribution is -2.22. The lowest BCUT2D eigenvalue weighted by molar-refractivity contribution is -0.120. The summed E-state index contributed by atoms with van der Waals surface area (Å²) in [5, 5.41) is 12.5. The number of nitrogens with one attached hydrogen (secondary N) is 1. The van der Waals surface area contributed by atoms with E-state index in [9.17, 15) is 14.7 Å². The van der Waals surface area contributed by atoms with Crippen molar-refractivity contribution in [1.82, 2.24) is 0 Å². The summed E-state index contributed by atoms with van der Waals surface area (Å²) in [7, 11) is 0. The van der Waals surface area contributed by atoms with Gasteiger partial charge in [-0.25, -0.2) is 4.79 Å². The first kappa shape index (κ1) is 18.0. The van der Waals surface area contributed by atoms with Gasteiger partial charge in [0.05, 0.1) is 6.61 Å². The summed E-state index contributed by atoms with van der Waals surface area (Å²) in [4.78, 5) is 24.0. The van der Waals surface area contributed by atoms with Crippen molar-refractivity contribution in [3.8, 4) is 5.75 Å².